The lowest BCUT2D eigenvalue weighted by atomic mass is 10.1. The number of aromatic nitrogens is 1. The van der Waals surface area contributed by atoms with Gasteiger partial charge in [-0.1, -0.05) is 17.7 Å². The molecule has 7 nitrogen and oxygen atoms in total. The summed E-state index contributed by atoms with van der Waals surface area (Å²) in [6.45, 7) is 1.71. The van der Waals surface area contributed by atoms with Gasteiger partial charge in [0, 0.05) is 44.0 Å². The molecule has 0 unspecified atom stereocenters. The molecular formula is C22H23ClFN3O4S2. The molecule has 0 radical (unpaired) electrons. The van der Waals surface area contributed by atoms with Crippen LogP contribution in [-0.2, 0) is 16.4 Å². The second-order valence-electron chi connectivity index (χ2n) is 7.45. The Labute approximate surface area is 201 Å². The third-order valence-corrected chi connectivity index (χ3v) is 8.58. The highest BCUT2D eigenvalue weighted by Gasteiger charge is 2.31. The van der Waals surface area contributed by atoms with E-state index in [1.54, 1.807) is 24.3 Å². The molecule has 176 valence electrons. The van der Waals surface area contributed by atoms with E-state index in [0.29, 0.717) is 38.3 Å². The third-order valence-electron chi connectivity index (χ3n) is 5.41. The molecule has 11 heteroatoms. The Hall–Kier alpha value is -2.40. The Bertz CT molecular complexity index is 1240. The fourth-order valence-electron chi connectivity index (χ4n) is 3.63. The van der Waals surface area contributed by atoms with Crippen LogP contribution in [0.4, 0.5) is 9.52 Å². The highest BCUT2D eigenvalue weighted by Crippen LogP contribution is 2.32. The van der Waals surface area contributed by atoms with Crippen LogP contribution in [0, 0.1) is 5.82 Å². The summed E-state index contributed by atoms with van der Waals surface area (Å²) in [6, 6.07) is 9.33. The van der Waals surface area contributed by atoms with Crippen LogP contribution < -0.4 is 14.4 Å². The van der Waals surface area contributed by atoms with Gasteiger partial charge in [0.1, 0.15) is 22.2 Å². The van der Waals surface area contributed by atoms with Crippen molar-refractivity contribution in [1.82, 2.24) is 9.29 Å². The van der Waals surface area contributed by atoms with Gasteiger partial charge >= 0.3 is 0 Å². The van der Waals surface area contributed by atoms with Crippen molar-refractivity contribution in [2.45, 2.75) is 11.3 Å². The molecule has 1 aliphatic rings. The van der Waals surface area contributed by atoms with Crippen molar-refractivity contribution in [2.24, 2.45) is 0 Å². The van der Waals surface area contributed by atoms with Crippen molar-refractivity contribution in [3.8, 4) is 11.5 Å². The van der Waals surface area contributed by atoms with Crippen LogP contribution in [0.2, 0.25) is 5.02 Å². The number of anilines is 1. The number of benzene rings is 2. The Morgan fingerprint density at radius 1 is 1.09 bits per heavy atom. The van der Waals surface area contributed by atoms with Gasteiger partial charge in [0.25, 0.3) is 0 Å². The van der Waals surface area contributed by atoms with Gasteiger partial charge in [-0.15, -0.1) is 11.3 Å². The van der Waals surface area contributed by atoms with E-state index in [-0.39, 0.29) is 15.7 Å². The fourth-order valence-corrected chi connectivity index (χ4v) is 6.27. The van der Waals surface area contributed by atoms with E-state index in [1.165, 1.54) is 42.0 Å². The molecule has 0 bridgehead atoms. The number of nitrogens with zero attached hydrogens (tertiary/aromatic N) is 3. The SMILES string of the molecule is COc1ccc(S(=O)(=O)N2CCN(c3nc(Cc4ccc(F)c(Cl)c4)cs3)CC2)c(OC)c1. The number of rotatable bonds is 7. The standard InChI is InChI=1S/C22H23ClFN3O4S2/c1-30-17-4-6-21(20(13-17)31-2)33(28,29)27-9-7-26(8-10-27)22-25-16(14-32-22)11-15-3-5-19(24)18(23)12-15/h3-6,12-14H,7-11H2,1-2H3. The first-order chi connectivity index (χ1) is 15.8. The van der Waals surface area contributed by atoms with Gasteiger partial charge in [0.2, 0.25) is 10.0 Å². The van der Waals surface area contributed by atoms with Crippen molar-refractivity contribution in [1.29, 1.82) is 0 Å². The lowest BCUT2D eigenvalue weighted by molar-refractivity contribution is 0.370. The molecule has 4 rings (SSSR count). The minimum Gasteiger partial charge on any atom is -0.497 e. The number of hydrogen-bond acceptors (Lipinski definition) is 7. The van der Waals surface area contributed by atoms with Crippen LogP contribution in [0.5, 0.6) is 11.5 Å². The van der Waals surface area contributed by atoms with Crippen LogP contribution in [-0.4, -0.2) is 58.1 Å². The molecule has 0 N–H and O–H groups in total. The Balaban J connectivity index is 1.42. The van der Waals surface area contributed by atoms with Gasteiger partial charge in [0.15, 0.2) is 5.13 Å². The summed E-state index contributed by atoms with van der Waals surface area (Å²) in [4.78, 5) is 6.87. The maximum atomic E-state index is 13.4. The Morgan fingerprint density at radius 3 is 2.52 bits per heavy atom. The van der Waals surface area contributed by atoms with E-state index in [2.05, 4.69) is 9.88 Å². The summed E-state index contributed by atoms with van der Waals surface area (Å²) in [5.41, 5.74) is 1.73. The van der Waals surface area contributed by atoms with Crippen LogP contribution in [0.15, 0.2) is 46.7 Å². The van der Waals surface area contributed by atoms with Crippen molar-refractivity contribution in [3.05, 3.63) is 63.9 Å². The zero-order chi connectivity index (χ0) is 23.6. The average molecular weight is 512 g/mol. The van der Waals surface area contributed by atoms with Crippen molar-refractivity contribution in [2.75, 3.05) is 45.3 Å². The van der Waals surface area contributed by atoms with E-state index in [4.69, 9.17) is 21.1 Å². The fraction of sp³-hybridized carbons (Fsp3) is 0.318. The lowest BCUT2D eigenvalue weighted by Gasteiger charge is -2.34. The van der Waals surface area contributed by atoms with E-state index in [0.717, 1.165) is 16.4 Å². The maximum absolute atomic E-state index is 13.4. The normalized spacial score (nSPS) is 15.0. The van der Waals surface area contributed by atoms with Crippen LogP contribution >= 0.6 is 22.9 Å². The van der Waals surface area contributed by atoms with Gasteiger partial charge < -0.3 is 14.4 Å². The number of ether oxygens (including phenoxy) is 2. The highest BCUT2D eigenvalue weighted by atomic mass is 35.5. The third kappa shape index (κ3) is 5.08. The van der Waals surface area contributed by atoms with Crippen LogP contribution in [0.3, 0.4) is 0 Å². The molecule has 2 heterocycles. The number of piperazine rings is 1. The Morgan fingerprint density at radius 2 is 1.85 bits per heavy atom. The molecular weight excluding hydrogens is 489 g/mol. The first-order valence-electron chi connectivity index (χ1n) is 10.2. The second kappa shape index (κ2) is 9.84. The second-order valence-corrected chi connectivity index (χ2v) is 10.6. The average Bonchev–Trinajstić information content (AvgIpc) is 3.29. The molecule has 2 aromatic carbocycles. The monoisotopic (exact) mass is 511 g/mol. The Kier molecular flexibility index (Phi) is 7.08. The topological polar surface area (TPSA) is 72.0 Å². The molecule has 0 saturated carbocycles. The summed E-state index contributed by atoms with van der Waals surface area (Å²) in [7, 11) is -0.761. The summed E-state index contributed by atoms with van der Waals surface area (Å²) in [5, 5.41) is 2.88. The van der Waals surface area contributed by atoms with E-state index in [1.807, 2.05) is 5.38 Å². The molecule has 0 aliphatic carbocycles. The van der Waals surface area contributed by atoms with Crippen LogP contribution in [0.1, 0.15) is 11.3 Å². The number of thiazole rings is 1. The van der Waals surface area contributed by atoms with Gasteiger partial charge in [-0.05, 0) is 29.8 Å². The molecule has 33 heavy (non-hydrogen) atoms. The summed E-state index contributed by atoms with van der Waals surface area (Å²) in [5.74, 6) is 0.333. The van der Waals surface area contributed by atoms with E-state index in [9.17, 15) is 12.8 Å². The van der Waals surface area contributed by atoms with Crippen molar-refractivity contribution < 1.29 is 22.3 Å². The smallest absolute Gasteiger partial charge is 0.246 e. The zero-order valence-electron chi connectivity index (χ0n) is 18.1. The largest absolute Gasteiger partial charge is 0.497 e. The minimum absolute atomic E-state index is 0.0915. The van der Waals surface area contributed by atoms with Crippen LogP contribution in [0.25, 0.3) is 0 Å². The maximum Gasteiger partial charge on any atom is 0.246 e. The van der Waals surface area contributed by atoms with E-state index >= 15 is 0 Å². The number of halogens is 2. The van der Waals surface area contributed by atoms with Crippen molar-refractivity contribution >= 4 is 38.1 Å². The van der Waals surface area contributed by atoms with E-state index < -0.39 is 15.8 Å². The number of hydrogen-bond donors (Lipinski definition) is 0. The zero-order valence-corrected chi connectivity index (χ0v) is 20.5. The molecule has 1 aromatic heterocycles. The number of sulfonamides is 1. The predicted molar refractivity (Wildman–Crippen MR) is 127 cm³/mol. The summed E-state index contributed by atoms with van der Waals surface area (Å²) < 4.78 is 51.7. The number of methoxy groups -OCH3 is 2. The molecule has 1 saturated heterocycles. The predicted octanol–water partition coefficient (Wildman–Crippen LogP) is 4.05. The summed E-state index contributed by atoms with van der Waals surface area (Å²) in [6.07, 6.45) is 0.544. The molecule has 1 aliphatic heterocycles. The van der Waals surface area contributed by atoms with Gasteiger partial charge in [-0.3, -0.25) is 0 Å². The quantitative estimate of drug-likeness (QED) is 0.476. The van der Waals surface area contributed by atoms with Gasteiger partial charge in [-0.2, -0.15) is 4.31 Å². The molecule has 0 spiro atoms. The molecule has 3 aromatic rings. The molecule has 1 fully saturated rings. The minimum atomic E-state index is -3.71. The van der Waals surface area contributed by atoms with Gasteiger partial charge in [0.05, 0.1) is 24.9 Å². The molecule has 0 atom stereocenters. The lowest BCUT2D eigenvalue weighted by Crippen LogP contribution is -2.48. The van der Waals surface area contributed by atoms with Crippen molar-refractivity contribution in [3.63, 3.8) is 0 Å². The highest BCUT2D eigenvalue weighted by molar-refractivity contribution is 7.89. The van der Waals surface area contributed by atoms with Gasteiger partial charge in [-0.25, -0.2) is 17.8 Å². The first-order valence-corrected chi connectivity index (χ1v) is 12.9. The summed E-state index contributed by atoms with van der Waals surface area (Å²) >= 11 is 7.37. The first kappa shape index (κ1) is 23.7. The molecule has 0 amide bonds.